The van der Waals surface area contributed by atoms with Crippen LogP contribution in [-0.2, 0) is 6.42 Å². The van der Waals surface area contributed by atoms with Gasteiger partial charge in [0.1, 0.15) is 0 Å². The van der Waals surface area contributed by atoms with Crippen molar-refractivity contribution < 1.29 is 0 Å². The van der Waals surface area contributed by atoms with E-state index in [1.165, 1.54) is 108 Å². The first-order valence-corrected chi connectivity index (χ1v) is 10.3. The van der Waals surface area contributed by atoms with Gasteiger partial charge in [-0.15, -0.1) is 0 Å². The molecule has 0 fully saturated rings. The Morgan fingerprint density at radius 3 is 1.39 bits per heavy atom. The van der Waals surface area contributed by atoms with Crippen molar-refractivity contribution in [3.8, 4) is 0 Å². The van der Waals surface area contributed by atoms with E-state index in [-0.39, 0.29) is 0 Å². The molecule has 0 aliphatic heterocycles. The Kier molecular flexibility index (Phi) is 14.1. The minimum Gasteiger partial charge on any atom is -0.265 e. The van der Waals surface area contributed by atoms with Crippen molar-refractivity contribution in [3.05, 3.63) is 30.1 Å². The molecule has 0 radical (unpaired) electrons. The molecule has 0 N–H and O–H groups in total. The largest absolute Gasteiger partial charge is 0.265 e. The molecule has 0 atom stereocenters. The SMILES string of the molecule is CCCCCCCCCCCCCCCCCc1ccncc1. The second kappa shape index (κ2) is 16.0. The Balaban J connectivity index is 1.72. The molecule has 1 nitrogen and oxygen atoms in total. The van der Waals surface area contributed by atoms with Crippen LogP contribution in [0.3, 0.4) is 0 Å². The first kappa shape index (κ1) is 20.2. The van der Waals surface area contributed by atoms with Crippen LogP contribution >= 0.6 is 0 Å². The minimum absolute atomic E-state index is 1.22. The van der Waals surface area contributed by atoms with E-state index in [2.05, 4.69) is 24.0 Å². The van der Waals surface area contributed by atoms with Crippen molar-refractivity contribution in [3.63, 3.8) is 0 Å². The maximum Gasteiger partial charge on any atom is 0.0270 e. The number of aromatic nitrogens is 1. The lowest BCUT2D eigenvalue weighted by atomic mass is 10.0. The van der Waals surface area contributed by atoms with E-state index in [4.69, 9.17) is 0 Å². The molecule has 1 heteroatoms. The summed E-state index contributed by atoms with van der Waals surface area (Å²) in [5, 5.41) is 0. The zero-order valence-corrected chi connectivity index (χ0v) is 15.6. The average Bonchev–Trinajstić information content (AvgIpc) is 2.59. The van der Waals surface area contributed by atoms with Gasteiger partial charge in [-0.2, -0.15) is 0 Å². The lowest BCUT2D eigenvalue weighted by molar-refractivity contribution is 0.532. The van der Waals surface area contributed by atoms with E-state index in [0.717, 1.165) is 0 Å². The van der Waals surface area contributed by atoms with Crippen LogP contribution in [0, 0.1) is 0 Å². The number of aryl methyl sites for hydroxylation is 1. The van der Waals surface area contributed by atoms with E-state index in [1.807, 2.05) is 12.4 Å². The lowest BCUT2D eigenvalue weighted by Gasteiger charge is -2.03. The van der Waals surface area contributed by atoms with Gasteiger partial charge in [0.05, 0.1) is 0 Å². The van der Waals surface area contributed by atoms with Gasteiger partial charge in [-0.25, -0.2) is 0 Å². The summed E-state index contributed by atoms with van der Waals surface area (Å²) in [4.78, 5) is 4.07. The Morgan fingerprint density at radius 1 is 0.565 bits per heavy atom. The van der Waals surface area contributed by atoms with Gasteiger partial charge in [-0.3, -0.25) is 4.98 Å². The number of rotatable bonds is 16. The summed E-state index contributed by atoms with van der Waals surface area (Å²) in [6.07, 6.45) is 26.6. The number of hydrogen-bond acceptors (Lipinski definition) is 1. The molecule has 132 valence electrons. The number of nitrogens with zero attached hydrogens (tertiary/aromatic N) is 1. The molecule has 0 saturated heterocycles. The molecule has 0 spiro atoms. The third kappa shape index (κ3) is 13.3. The molecule has 1 aromatic heterocycles. The molecule has 0 amide bonds. The van der Waals surface area contributed by atoms with Gasteiger partial charge in [0.25, 0.3) is 0 Å². The lowest BCUT2D eigenvalue weighted by Crippen LogP contribution is -1.87. The Hall–Kier alpha value is -0.850. The highest BCUT2D eigenvalue weighted by Crippen LogP contribution is 2.14. The maximum atomic E-state index is 4.07. The van der Waals surface area contributed by atoms with Crippen LogP contribution in [0.1, 0.15) is 109 Å². The third-order valence-electron chi connectivity index (χ3n) is 4.82. The molecular weight excluding hydrogens is 278 g/mol. The van der Waals surface area contributed by atoms with Crippen molar-refractivity contribution in [1.29, 1.82) is 0 Å². The van der Waals surface area contributed by atoms with Crippen LogP contribution in [0.15, 0.2) is 24.5 Å². The second-order valence-corrected chi connectivity index (χ2v) is 7.06. The summed E-state index contributed by atoms with van der Waals surface area (Å²) < 4.78 is 0. The van der Waals surface area contributed by atoms with E-state index < -0.39 is 0 Å². The highest BCUT2D eigenvalue weighted by Gasteiger charge is 1.95. The predicted molar refractivity (Wildman–Crippen MR) is 103 cm³/mol. The fourth-order valence-electron chi connectivity index (χ4n) is 3.25. The van der Waals surface area contributed by atoms with Crippen molar-refractivity contribution in [2.24, 2.45) is 0 Å². The summed E-state index contributed by atoms with van der Waals surface area (Å²) >= 11 is 0. The van der Waals surface area contributed by atoms with E-state index >= 15 is 0 Å². The highest BCUT2D eigenvalue weighted by atomic mass is 14.6. The van der Waals surface area contributed by atoms with E-state index in [9.17, 15) is 0 Å². The normalized spacial score (nSPS) is 11.0. The van der Waals surface area contributed by atoms with Gasteiger partial charge in [0.2, 0.25) is 0 Å². The Labute approximate surface area is 145 Å². The van der Waals surface area contributed by atoms with Crippen molar-refractivity contribution in [2.45, 2.75) is 110 Å². The minimum atomic E-state index is 1.22. The monoisotopic (exact) mass is 317 g/mol. The summed E-state index contributed by atoms with van der Waals surface area (Å²) in [5.41, 5.74) is 1.44. The second-order valence-electron chi connectivity index (χ2n) is 7.06. The molecule has 23 heavy (non-hydrogen) atoms. The number of unbranched alkanes of at least 4 members (excludes halogenated alkanes) is 14. The van der Waals surface area contributed by atoms with E-state index in [0.29, 0.717) is 0 Å². The van der Waals surface area contributed by atoms with Crippen molar-refractivity contribution in [2.75, 3.05) is 0 Å². The van der Waals surface area contributed by atoms with Crippen LogP contribution in [0.4, 0.5) is 0 Å². The number of hydrogen-bond donors (Lipinski definition) is 0. The molecule has 0 aliphatic rings. The van der Waals surface area contributed by atoms with Gasteiger partial charge in [-0.05, 0) is 30.5 Å². The molecule has 0 aliphatic carbocycles. The van der Waals surface area contributed by atoms with Crippen LogP contribution < -0.4 is 0 Å². The smallest absolute Gasteiger partial charge is 0.0270 e. The van der Waals surface area contributed by atoms with Crippen LogP contribution in [0.25, 0.3) is 0 Å². The average molecular weight is 318 g/mol. The highest BCUT2D eigenvalue weighted by molar-refractivity contribution is 5.09. The van der Waals surface area contributed by atoms with Gasteiger partial charge in [0.15, 0.2) is 0 Å². The maximum absolute atomic E-state index is 4.07. The van der Waals surface area contributed by atoms with E-state index in [1.54, 1.807) is 0 Å². The van der Waals surface area contributed by atoms with Gasteiger partial charge >= 0.3 is 0 Å². The zero-order valence-electron chi connectivity index (χ0n) is 15.6. The van der Waals surface area contributed by atoms with Crippen LogP contribution in [0.2, 0.25) is 0 Å². The predicted octanol–water partition coefficient (Wildman–Crippen LogP) is 7.50. The Bertz CT molecular complexity index is 333. The summed E-state index contributed by atoms with van der Waals surface area (Å²) in [6.45, 7) is 2.29. The summed E-state index contributed by atoms with van der Waals surface area (Å²) in [6, 6.07) is 4.29. The van der Waals surface area contributed by atoms with Crippen LogP contribution in [0.5, 0.6) is 0 Å². The van der Waals surface area contributed by atoms with Gasteiger partial charge in [0, 0.05) is 12.4 Å². The first-order chi connectivity index (χ1) is 11.4. The van der Waals surface area contributed by atoms with Crippen LogP contribution in [-0.4, -0.2) is 4.98 Å². The molecule has 1 aromatic rings. The molecule has 0 aromatic carbocycles. The number of pyridine rings is 1. The molecular formula is C22H39N. The van der Waals surface area contributed by atoms with Crippen molar-refractivity contribution >= 4 is 0 Å². The third-order valence-corrected chi connectivity index (χ3v) is 4.82. The fraction of sp³-hybridized carbons (Fsp3) is 0.773. The first-order valence-electron chi connectivity index (χ1n) is 10.3. The molecule has 1 heterocycles. The molecule has 0 unspecified atom stereocenters. The quantitative estimate of drug-likeness (QED) is 0.288. The molecule has 0 saturated carbocycles. The van der Waals surface area contributed by atoms with Gasteiger partial charge in [-0.1, -0.05) is 96.8 Å². The topological polar surface area (TPSA) is 12.9 Å². The van der Waals surface area contributed by atoms with Crippen molar-refractivity contribution in [1.82, 2.24) is 4.98 Å². The molecule has 1 rings (SSSR count). The van der Waals surface area contributed by atoms with Gasteiger partial charge < -0.3 is 0 Å². The fourth-order valence-corrected chi connectivity index (χ4v) is 3.25. The zero-order chi connectivity index (χ0) is 16.4. The molecule has 0 bridgehead atoms. The Morgan fingerprint density at radius 2 is 0.957 bits per heavy atom. The summed E-state index contributed by atoms with van der Waals surface area (Å²) in [5.74, 6) is 0. The standard InChI is InChI=1S/C22H39N/c1-2-3-4-5-6-7-8-9-10-11-12-13-14-15-16-17-22-18-20-23-21-19-22/h18-21H,2-17H2,1H3. The summed E-state index contributed by atoms with van der Waals surface area (Å²) in [7, 11) is 0.